The zero-order valence-corrected chi connectivity index (χ0v) is 15.4. The molecule has 0 radical (unpaired) electrons. The van der Waals surface area contributed by atoms with Gasteiger partial charge in [-0.2, -0.15) is 0 Å². The van der Waals surface area contributed by atoms with Crippen molar-refractivity contribution < 1.29 is 14.6 Å². The number of methoxy groups -OCH3 is 1. The summed E-state index contributed by atoms with van der Waals surface area (Å²) < 4.78 is 11.3. The summed E-state index contributed by atoms with van der Waals surface area (Å²) in [5.74, 6) is 1.44. The predicted octanol–water partition coefficient (Wildman–Crippen LogP) is 3.45. The second-order valence-electron chi connectivity index (χ2n) is 7.02. The van der Waals surface area contributed by atoms with Gasteiger partial charge in [0.05, 0.1) is 12.7 Å². The van der Waals surface area contributed by atoms with Crippen LogP contribution >= 0.6 is 0 Å². The second kappa shape index (κ2) is 9.01. The van der Waals surface area contributed by atoms with E-state index in [1.165, 1.54) is 6.42 Å². The van der Waals surface area contributed by atoms with Crippen LogP contribution in [0.15, 0.2) is 42.7 Å². The lowest BCUT2D eigenvalue weighted by atomic mass is 9.85. The van der Waals surface area contributed by atoms with Crippen LogP contribution in [0.1, 0.15) is 43.2 Å². The van der Waals surface area contributed by atoms with Gasteiger partial charge in [-0.1, -0.05) is 25.3 Å². The van der Waals surface area contributed by atoms with Crippen molar-refractivity contribution in [2.45, 2.75) is 50.9 Å². The molecule has 5 nitrogen and oxygen atoms in total. The zero-order chi connectivity index (χ0) is 18.2. The molecular weight excluding hydrogens is 328 g/mol. The normalized spacial score (nSPS) is 16.2. The Balaban J connectivity index is 1.54. The number of aromatic nitrogens is 1. The van der Waals surface area contributed by atoms with Gasteiger partial charge in [0.1, 0.15) is 6.61 Å². The Morgan fingerprint density at radius 1 is 1.04 bits per heavy atom. The third kappa shape index (κ3) is 5.19. The lowest BCUT2D eigenvalue weighted by Gasteiger charge is -2.32. The maximum Gasteiger partial charge on any atom is 0.161 e. The van der Waals surface area contributed by atoms with Gasteiger partial charge in [-0.25, -0.2) is 0 Å². The second-order valence-corrected chi connectivity index (χ2v) is 7.02. The number of hydrogen-bond donors (Lipinski definition) is 2. The molecule has 0 amide bonds. The van der Waals surface area contributed by atoms with Crippen molar-refractivity contribution >= 4 is 0 Å². The van der Waals surface area contributed by atoms with Crippen molar-refractivity contribution in [1.82, 2.24) is 10.3 Å². The van der Waals surface area contributed by atoms with E-state index in [2.05, 4.69) is 10.3 Å². The van der Waals surface area contributed by atoms with Gasteiger partial charge in [0.25, 0.3) is 0 Å². The molecule has 0 spiro atoms. The molecule has 1 aliphatic carbocycles. The molecule has 140 valence electrons. The summed E-state index contributed by atoms with van der Waals surface area (Å²) in [6.45, 7) is 1.81. The highest BCUT2D eigenvalue weighted by Gasteiger charge is 2.28. The Hall–Kier alpha value is -2.11. The van der Waals surface area contributed by atoms with Crippen molar-refractivity contribution in [3.63, 3.8) is 0 Å². The van der Waals surface area contributed by atoms with Crippen molar-refractivity contribution in [2.75, 3.05) is 13.7 Å². The number of aliphatic hydroxyl groups is 1. The van der Waals surface area contributed by atoms with E-state index in [-0.39, 0.29) is 0 Å². The Morgan fingerprint density at radius 2 is 1.81 bits per heavy atom. The third-order valence-corrected chi connectivity index (χ3v) is 4.94. The number of pyridine rings is 1. The number of ether oxygens (including phenoxy) is 2. The first kappa shape index (κ1) is 18.7. The molecule has 2 aromatic rings. The van der Waals surface area contributed by atoms with Crippen LogP contribution in [0.25, 0.3) is 0 Å². The summed E-state index contributed by atoms with van der Waals surface area (Å²) in [6, 6.07) is 9.82. The average molecular weight is 356 g/mol. The van der Waals surface area contributed by atoms with Gasteiger partial charge in [-0.15, -0.1) is 0 Å². The average Bonchev–Trinajstić information content (AvgIpc) is 2.68. The highest BCUT2D eigenvalue weighted by Crippen LogP contribution is 2.30. The topological polar surface area (TPSA) is 63.6 Å². The minimum absolute atomic E-state index is 0.476. The Kier molecular flexibility index (Phi) is 6.47. The minimum atomic E-state index is -0.546. The molecule has 0 atom stereocenters. The largest absolute Gasteiger partial charge is 0.493 e. The van der Waals surface area contributed by atoms with Crippen LogP contribution in [0.5, 0.6) is 11.5 Å². The number of rotatable bonds is 8. The quantitative estimate of drug-likeness (QED) is 0.758. The van der Waals surface area contributed by atoms with Gasteiger partial charge in [0, 0.05) is 25.5 Å². The van der Waals surface area contributed by atoms with E-state index >= 15 is 0 Å². The molecule has 0 bridgehead atoms. The molecule has 1 aromatic carbocycles. The van der Waals surface area contributed by atoms with Crippen LogP contribution in [0.4, 0.5) is 0 Å². The highest BCUT2D eigenvalue weighted by atomic mass is 16.5. The van der Waals surface area contributed by atoms with Crippen molar-refractivity contribution in [1.29, 1.82) is 0 Å². The molecule has 1 aromatic heterocycles. The Bertz CT molecular complexity index is 685. The zero-order valence-electron chi connectivity index (χ0n) is 15.4. The first-order valence-corrected chi connectivity index (χ1v) is 9.30. The van der Waals surface area contributed by atoms with Gasteiger partial charge in [-0.05, 0) is 48.2 Å². The van der Waals surface area contributed by atoms with Gasteiger partial charge in [0.2, 0.25) is 0 Å². The predicted molar refractivity (Wildman–Crippen MR) is 101 cm³/mol. The molecule has 3 rings (SSSR count). The van der Waals surface area contributed by atoms with E-state index in [9.17, 15) is 5.11 Å². The number of benzene rings is 1. The molecule has 1 aliphatic rings. The Labute approximate surface area is 155 Å². The molecule has 0 aliphatic heterocycles. The van der Waals surface area contributed by atoms with E-state index in [1.807, 2.05) is 30.3 Å². The summed E-state index contributed by atoms with van der Waals surface area (Å²) in [7, 11) is 1.65. The van der Waals surface area contributed by atoms with Crippen LogP contribution in [0.2, 0.25) is 0 Å². The van der Waals surface area contributed by atoms with E-state index in [1.54, 1.807) is 19.5 Å². The minimum Gasteiger partial charge on any atom is -0.493 e. The third-order valence-electron chi connectivity index (χ3n) is 4.94. The van der Waals surface area contributed by atoms with Gasteiger partial charge in [0.15, 0.2) is 11.5 Å². The van der Waals surface area contributed by atoms with E-state index in [0.717, 1.165) is 48.3 Å². The SMILES string of the molecule is COc1cc(CNCC2(O)CCCCC2)ccc1OCc1ccncc1. The molecular formula is C21H28N2O3. The van der Waals surface area contributed by atoms with Crippen LogP contribution in [0.3, 0.4) is 0 Å². The van der Waals surface area contributed by atoms with Gasteiger partial charge < -0.3 is 19.9 Å². The first-order valence-electron chi connectivity index (χ1n) is 9.30. The lowest BCUT2D eigenvalue weighted by Crippen LogP contribution is -2.41. The summed E-state index contributed by atoms with van der Waals surface area (Å²) in [5, 5.41) is 13.9. The molecule has 1 saturated carbocycles. The number of nitrogens with zero attached hydrogens (tertiary/aromatic N) is 1. The van der Waals surface area contributed by atoms with E-state index in [0.29, 0.717) is 19.7 Å². The fourth-order valence-electron chi connectivity index (χ4n) is 3.41. The highest BCUT2D eigenvalue weighted by molar-refractivity contribution is 5.43. The summed E-state index contributed by atoms with van der Waals surface area (Å²) in [4.78, 5) is 4.01. The fourth-order valence-corrected chi connectivity index (χ4v) is 3.41. The van der Waals surface area contributed by atoms with Crippen molar-refractivity contribution in [3.05, 3.63) is 53.9 Å². The lowest BCUT2D eigenvalue weighted by molar-refractivity contribution is 0.00467. The number of hydrogen-bond acceptors (Lipinski definition) is 5. The van der Waals surface area contributed by atoms with Crippen molar-refractivity contribution in [2.24, 2.45) is 0 Å². The fraction of sp³-hybridized carbons (Fsp3) is 0.476. The van der Waals surface area contributed by atoms with Crippen LogP contribution in [-0.4, -0.2) is 29.3 Å². The van der Waals surface area contributed by atoms with Crippen molar-refractivity contribution in [3.8, 4) is 11.5 Å². The van der Waals surface area contributed by atoms with Crippen LogP contribution in [0, 0.1) is 0 Å². The van der Waals surface area contributed by atoms with E-state index in [4.69, 9.17) is 9.47 Å². The maximum atomic E-state index is 10.6. The maximum absolute atomic E-state index is 10.6. The standard InChI is InChI=1S/C21H28N2O3/c1-25-20-13-18(14-23-16-21(24)9-3-2-4-10-21)5-6-19(20)26-15-17-7-11-22-12-8-17/h5-8,11-13,23-24H,2-4,9-10,14-16H2,1H3. The summed E-state index contributed by atoms with van der Waals surface area (Å²) in [6.07, 6.45) is 8.78. The smallest absolute Gasteiger partial charge is 0.161 e. The van der Waals surface area contributed by atoms with Gasteiger partial charge >= 0.3 is 0 Å². The van der Waals surface area contributed by atoms with Gasteiger partial charge in [-0.3, -0.25) is 4.98 Å². The summed E-state index contributed by atoms with van der Waals surface area (Å²) in [5.41, 5.74) is 1.63. The monoisotopic (exact) mass is 356 g/mol. The number of nitrogens with one attached hydrogen (secondary N) is 1. The van der Waals surface area contributed by atoms with Crippen LogP contribution in [-0.2, 0) is 13.2 Å². The Morgan fingerprint density at radius 3 is 2.54 bits per heavy atom. The molecule has 26 heavy (non-hydrogen) atoms. The molecule has 1 fully saturated rings. The molecule has 0 saturated heterocycles. The molecule has 2 N–H and O–H groups in total. The molecule has 5 heteroatoms. The summed E-state index contributed by atoms with van der Waals surface area (Å²) >= 11 is 0. The molecule has 1 heterocycles. The molecule has 0 unspecified atom stereocenters. The van der Waals surface area contributed by atoms with Crippen LogP contribution < -0.4 is 14.8 Å². The van der Waals surface area contributed by atoms with E-state index < -0.39 is 5.60 Å². The first-order chi connectivity index (χ1) is 12.7.